The highest BCUT2D eigenvalue weighted by Crippen LogP contribution is 2.24. The second kappa shape index (κ2) is 15.0. The van der Waals surface area contributed by atoms with Crippen molar-refractivity contribution >= 4 is 0 Å². The molecule has 0 spiro atoms. The summed E-state index contributed by atoms with van der Waals surface area (Å²) in [7, 11) is 0. The minimum atomic E-state index is 0.815. The van der Waals surface area contributed by atoms with Crippen LogP contribution in [0, 0.1) is 23.7 Å². The van der Waals surface area contributed by atoms with Crippen molar-refractivity contribution in [3.8, 4) is 80.1 Å². The third-order valence-electron chi connectivity index (χ3n) is 8.49. The molecule has 0 fully saturated rings. The van der Waals surface area contributed by atoms with E-state index in [2.05, 4.69) is 82.2 Å². The van der Waals surface area contributed by atoms with Crippen molar-refractivity contribution in [3.05, 3.63) is 205 Å². The zero-order chi connectivity index (χ0) is 35.0. The molecule has 4 heteroatoms. The van der Waals surface area contributed by atoms with Crippen LogP contribution in [0.15, 0.2) is 182 Å². The minimum absolute atomic E-state index is 0.815. The molecule has 0 aliphatic heterocycles. The fourth-order valence-electron chi connectivity index (χ4n) is 5.71. The lowest BCUT2D eigenvalue weighted by Gasteiger charge is -2.04. The van der Waals surface area contributed by atoms with E-state index in [1.165, 1.54) is 0 Å². The van der Waals surface area contributed by atoms with Gasteiger partial charge in [-0.1, -0.05) is 121 Å². The Labute approximate surface area is 303 Å². The summed E-state index contributed by atoms with van der Waals surface area (Å²) in [6, 6.07) is 56.8. The smallest absolute Gasteiger partial charge is 0.0893 e. The number of nitrogens with zero attached hydrogens (tertiary/aromatic N) is 4. The van der Waals surface area contributed by atoms with Gasteiger partial charge in [0.05, 0.1) is 34.2 Å². The topological polar surface area (TPSA) is 51.6 Å². The van der Waals surface area contributed by atoms with Gasteiger partial charge in [-0.3, -0.25) is 9.97 Å². The molecule has 52 heavy (non-hydrogen) atoms. The Morgan fingerprint density at radius 2 is 0.615 bits per heavy atom. The normalized spacial score (nSPS) is 10.4. The number of hydrogen-bond acceptors (Lipinski definition) is 4. The zero-order valence-electron chi connectivity index (χ0n) is 28.1. The molecule has 4 aromatic heterocycles. The summed E-state index contributed by atoms with van der Waals surface area (Å²) in [5, 5.41) is 0. The lowest BCUT2D eigenvalue weighted by molar-refractivity contribution is 1.24. The van der Waals surface area contributed by atoms with E-state index in [0.717, 1.165) is 78.7 Å². The Morgan fingerprint density at radius 3 is 1.00 bits per heavy atom. The minimum Gasteiger partial charge on any atom is -0.253 e. The van der Waals surface area contributed by atoms with Gasteiger partial charge in [0.15, 0.2) is 0 Å². The molecule has 0 aliphatic carbocycles. The third-order valence-corrected chi connectivity index (χ3v) is 8.49. The van der Waals surface area contributed by atoms with Gasteiger partial charge in [-0.15, -0.1) is 0 Å². The van der Waals surface area contributed by atoms with Crippen LogP contribution in [0.3, 0.4) is 0 Å². The van der Waals surface area contributed by atoms with E-state index in [9.17, 15) is 0 Å². The molecule has 0 amide bonds. The Kier molecular flexibility index (Phi) is 9.19. The molecule has 0 atom stereocenters. The molecule has 8 aromatic rings. The van der Waals surface area contributed by atoms with Crippen molar-refractivity contribution in [2.45, 2.75) is 0 Å². The molecule has 4 nitrogen and oxygen atoms in total. The molecule has 242 valence electrons. The Bertz CT molecular complexity index is 2390. The van der Waals surface area contributed by atoms with Gasteiger partial charge in [0.2, 0.25) is 0 Å². The van der Waals surface area contributed by atoms with Crippen molar-refractivity contribution in [2.75, 3.05) is 0 Å². The van der Waals surface area contributed by atoms with Gasteiger partial charge >= 0.3 is 0 Å². The van der Waals surface area contributed by atoms with Crippen molar-refractivity contribution in [3.63, 3.8) is 0 Å². The quantitative estimate of drug-likeness (QED) is 0.172. The van der Waals surface area contributed by atoms with Crippen LogP contribution in [0.25, 0.3) is 56.4 Å². The second-order valence-electron chi connectivity index (χ2n) is 12.1. The van der Waals surface area contributed by atoms with Crippen LogP contribution in [0.1, 0.15) is 22.3 Å². The lowest BCUT2D eigenvalue weighted by atomic mass is 10.0. The van der Waals surface area contributed by atoms with Gasteiger partial charge in [0.1, 0.15) is 0 Å². The first-order valence-electron chi connectivity index (χ1n) is 17.0. The van der Waals surface area contributed by atoms with Crippen molar-refractivity contribution in [1.29, 1.82) is 0 Å². The van der Waals surface area contributed by atoms with Crippen LogP contribution < -0.4 is 0 Å². The summed E-state index contributed by atoms with van der Waals surface area (Å²) >= 11 is 0. The monoisotopic (exact) mass is 662 g/mol. The SMILES string of the molecule is C(#Cc1ccc(-c2cccc(-c3ccccc3)n2)nc1)c1ccc(-c2ccc(C#Cc3ccc(-c4cccc(-c5ccccc5)n4)nc3)cc2)cc1. The zero-order valence-corrected chi connectivity index (χ0v) is 28.1. The average molecular weight is 663 g/mol. The summed E-state index contributed by atoms with van der Waals surface area (Å²) in [5.41, 5.74) is 13.1. The summed E-state index contributed by atoms with van der Waals surface area (Å²) in [4.78, 5) is 18.9. The van der Waals surface area contributed by atoms with Crippen LogP contribution in [0.5, 0.6) is 0 Å². The fraction of sp³-hybridized carbons (Fsp3) is 0. The first kappa shape index (κ1) is 31.8. The van der Waals surface area contributed by atoms with Gasteiger partial charge < -0.3 is 0 Å². The van der Waals surface area contributed by atoms with Crippen LogP contribution in [0.2, 0.25) is 0 Å². The standard InChI is InChI=1S/C48H30N4/c1-3-9-41(10-4-1)43-13-7-15-47(51-43)45-31-25-37(33-49-45)19-17-35-21-27-39(28-22-35)40-29-23-36(24-30-40)18-20-38-26-32-46(50-34-38)48-16-8-14-44(52-48)42-11-5-2-6-12-42/h1-16,21-34H. The number of pyridine rings is 4. The first-order chi connectivity index (χ1) is 25.7. The van der Waals surface area contributed by atoms with Crippen LogP contribution in [-0.4, -0.2) is 19.9 Å². The largest absolute Gasteiger partial charge is 0.253 e. The van der Waals surface area contributed by atoms with Gasteiger partial charge in [0, 0.05) is 45.8 Å². The summed E-state index contributed by atoms with van der Waals surface area (Å²) in [6.07, 6.45) is 3.60. The van der Waals surface area contributed by atoms with Crippen molar-refractivity contribution < 1.29 is 0 Å². The summed E-state index contributed by atoms with van der Waals surface area (Å²) in [5.74, 6) is 13.0. The molecule has 0 saturated carbocycles. The molecule has 0 unspecified atom stereocenters. The molecule has 0 aliphatic rings. The van der Waals surface area contributed by atoms with E-state index >= 15 is 0 Å². The summed E-state index contributed by atoms with van der Waals surface area (Å²) in [6.45, 7) is 0. The van der Waals surface area contributed by atoms with E-state index in [1.807, 2.05) is 121 Å². The van der Waals surface area contributed by atoms with E-state index in [4.69, 9.17) is 9.97 Å². The fourth-order valence-corrected chi connectivity index (χ4v) is 5.71. The Balaban J connectivity index is 0.890. The van der Waals surface area contributed by atoms with Gasteiger partial charge in [-0.2, -0.15) is 0 Å². The maximum absolute atomic E-state index is 4.81. The highest BCUT2D eigenvalue weighted by Gasteiger charge is 2.06. The van der Waals surface area contributed by atoms with E-state index in [-0.39, 0.29) is 0 Å². The third kappa shape index (κ3) is 7.58. The lowest BCUT2D eigenvalue weighted by Crippen LogP contribution is -1.90. The molecule has 8 rings (SSSR count). The van der Waals surface area contributed by atoms with Crippen molar-refractivity contribution in [2.24, 2.45) is 0 Å². The molecular weight excluding hydrogens is 633 g/mol. The van der Waals surface area contributed by atoms with Gasteiger partial charge in [0.25, 0.3) is 0 Å². The highest BCUT2D eigenvalue weighted by molar-refractivity contribution is 5.67. The maximum atomic E-state index is 4.81. The predicted octanol–water partition coefficient (Wildman–Crippen LogP) is 10.4. The first-order valence-corrected chi connectivity index (χ1v) is 17.0. The predicted molar refractivity (Wildman–Crippen MR) is 210 cm³/mol. The van der Waals surface area contributed by atoms with Crippen molar-refractivity contribution in [1.82, 2.24) is 19.9 Å². The Hall–Kier alpha value is -7.40. The van der Waals surface area contributed by atoms with E-state index in [0.29, 0.717) is 0 Å². The average Bonchev–Trinajstić information content (AvgIpc) is 3.24. The molecule has 0 N–H and O–H groups in total. The van der Waals surface area contributed by atoms with Gasteiger partial charge in [-0.25, -0.2) is 9.97 Å². The highest BCUT2D eigenvalue weighted by atomic mass is 14.8. The molecule has 4 aromatic carbocycles. The Morgan fingerprint density at radius 1 is 0.250 bits per heavy atom. The van der Waals surface area contributed by atoms with Crippen LogP contribution in [-0.2, 0) is 0 Å². The molecule has 4 heterocycles. The number of benzene rings is 4. The molecule has 0 radical (unpaired) electrons. The van der Waals surface area contributed by atoms with Gasteiger partial charge in [-0.05, 0) is 83.9 Å². The summed E-state index contributed by atoms with van der Waals surface area (Å²) < 4.78 is 0. The molecule has 0 saturated heterocycles. The molecule has 0 bridgehead atoms. The maximum Gasteiger partial charge on any atom is 0.0893 e. The van der Waals surface area contributed by atoms with Crippen LogP contribution >= 0.6 is 0 Å². The van der Waals surface area contributed by atoms with E-state index in [1.54, 1.807) is 12.4 Å². The second-order valence-corrected chi connectivity index (χ2v) is 12.1. The number of hydrogen-bond donors (Lipinski definition) is 0. The molecular formula is C48H30N4. The van der Waals surface area contributed by atoms with Crippen LogP contribution in [0.4, 0.5) is 0 Å². The number of rotatable bonds is 5. The number of aromatic nitrogens is 4. The van der Waals surface area contributed by atoms with E-state index < -0.39 is 0 Å².